The molecule has 5 rings (SSSR count). The largest absolute Gasteiger partial charge is 0.514 e. The van der Waals surface area contributed by atoms with Crippen LogP contribution in [0.4, 0.5) is 9.59 Å². The van der Waals surface area contributed by atoms with Gasteiger partial charge in [-0.3, -0.25) is 9.59 Å². The molecule has 2 aromatic heterocycles. The Kier molecular flexibility index (Phi) is 8.78. The van der Waals surface area contributed by atoms with Crippen LogP contribution in [0.5, 0.6) is 5.75 Å². The van der Waals surface area contributed by atoms with Gasteiger partial charge in [-0.25, -0.2) is 19.4 Å². The smallest absolute Gasteiger partial charge is 0.457 e. The number of aromatic nitrogens is 2. The van der Waals surface area contributed by atoms with Crippen molar-refractivity contribution in [1.29, 1.82) is 0 Å². The van der Waals surface area contributed by atoms with Crippen LogP contribution >= 0.6 is 0 Å². The maximum Gasteiger partial charge on any atom is 0.514 e. The van der Waals surface area contributed by atoms with Crippen molar-refractivity contribution in [2.45, 2.75) is 98.2 Å². The second kappa shape index (κ2) is 12.3. The number of fused-ring (bicyclic) bond motifs is 5. The molecule has 13 nitrogen and oxygen atoms in total. The fourth-order valence-electron chi connectivity index (χ4n) is 5.96. The van der Waals surface area contributed by atoms with Gasteiger partial charge in [0, 0.05) is 23.6 Å². The Morgan fingerprint density at radius 2 is 1.69 bits per heavy atom. The van der Waals surface area contributed by atoms with Gasteiger partial charge in [-0.15, -0.1) is 0 Å². The summed E-state index contributed by atoms with van der Waals surface area (Å²) in [4.78, 5) is 71.4. The quantitative estimate of drug-likeness (QED) is 0.149. The highest BCUT2D eigenvalue weighted by atomic mass is 16.7. The van der Waals surface area contributed by atoms with E-state index < -0.39 is 53.1 Å². The van der Waals surface area contributed by atoms with Gasteiger partial charge in [-0.1, -0.05) is 13.8 Å². The zero-order valence-electron chi connectivity index (χ0n) is 28.8. The Bertz CT molecular complexity index is 1900. The molecule has 0 N–H and O–H groups in total. The highest BCUT2D eigenvalue weighted by molar-refractivity contribution is 5.91. The van der Waals surface area contributed by atoms with Crippen LogP contribution in [0.2, 0.25) is 0 Å². The van der Waals surface area contributed by atoms with Gasteiger partial charge < -0.3 is 33.2 Å². The molecule has 1 atom stereocenters. The van der Waals surface area contributed by atoms with Gasteiger partial charge in [-0.2, -0.15) is 0 Å². The van der Waals surface area contributed by atoms with Crippen LogP contribution in [0, 0.1) is 0 Å². The van der Waals surface area contributed by atoms with Gasteiger partial charge in [0.2, 0.25) is 5.60 Å². The number of pyridine rings is 2. The zero-order valence-corrected chi connectivity index (χ0v) is 28.8. The molecule has 2 aliphatic heterocycles. The Hall–Kier alpha value is -4.94. The van der Waals surface area contributed by atoms with Crippen LogP contribution in [-0.4, -0.2) is 63.4 Å². The first-order valence-electron chi connectivity index (χ1n) is 15.8. The summed E-state index contributed by atoms with van der Waals surface area (Å²) in [5.74, 6) is -1.40. The third-order valence-electron chi connectivity index (χ3n) is 8.05. The highest BCUT2D eigenvalue weighted by Gasteiger charge is 2.50. The van der Waals surface area contributed by atoms with E-state index in [9.17, 15) is 24.0 Å². The van der Waals surface area contributed by atoms with E-state index in [0.29, 0.717) is 29.1 Å². The lowest BCUT2D eigenvalue weighted by Gasteiger charge is -2.36. The average molecular weight is 664 g/mol. The van der Waals surface area contributed by atoms with Crippen molar-refractivity contribution in [1.82, 2.24) is 14.5 Å². The molecule has 0 aliphatic carbocycles. The molecule has 0 saturated heterocycles. The predicted molar refractivity (Wildman–Crippen MR) is 174 cm³/mol. The summed E-state index contributed by atoms with van der Waals surface area (Å²) in [5, 5.41) is 0.757. The fourth-order valence-corrected chi connectivity index (χ4v) is 5.96. The van der Waals surface area contributed by atoms with Gasteiger partial charge in [0.15, 0.2) is 0 Å². The van der Waals surface area contributed by atoms with E-state index in [1.807, 2.05) is 6.92 Å². The van der Waals surface area contributed by atoms with Crippen molar-refractivity contribution < 1.29 is 42.9 Å². The SMILES string of the molecule is CCc1c2c(nc3ccc(OC(=O)OC(C)(C)C)cc13)-c1cc3c(c(=O)n1C2)COC(=O)[C@@]3(CC)OC(=O)CN(C)C(=O)OC(C)(C)C. The maximum atomic E-state index is 14.0. The molecule has 4 heterocycles. The molecule has 0 radical (unpaired) electrons. The van der Waals surface area contributed by atoms with E-state index in [1.54, 1.807) is 77.3 Å². The van der Waals surface area contributed by atoms with E-state index in [0.717, 1.165) is 21.4 Å². The average Bonchev–Trinajstić information content (AvgIpc) is 3.34. The number of amides is 1. The van der Waals surface area contributed by atoms with Crippen LogP contribution in [0.3, 0.4) is 0 Å². The Morgan fingerprint density at radius 3 is 2.31 bits per heavy atom. The number of carbonyl (C=O) groups is 4. The number of nitrogens with zero attached hydrogens (tertiary/aromatic N) is 3. The normalized spacial score (nSPS) is 16.7. The molecule has 0 saturated carbocycles. The van der Waals surface area contributed by atoms with Crippen molar-refractivity contribution in [2.24, 2.45) is 0 Å². The van der Waals surface area contributed by atoms with Crippen LogP contribution in [0.1, 0.15) is 84.1 Å². The predicted octanol–water partition coefficient (Wildman–Crippen LogP) is 5.37. The third-order valence-corrected chi connectivity index (χ3v) is 8.05. The lowest BCUT2D eigenvalue weighted by Crippen LogP contribution is -2.49. The van der Waals surface area contributed by atoms with Gasteiger partial charge in [-0.05, 0) is 84.2 Å². The molecule has 0 spiro atoms. The molecule has 0 fully saturated rings. The van der Waals surface area contributed by atoms with Crippen LogP contribution < -0.4 is 10.3 Å². The molecule has 3 aromatic rings. The minimum atomic E-state index is -1.92. The van der Waals surface area contributed by atoms with Crippen molar-refractivity contribution >= 4 is 35.1 Å². The van der Waals surface area contributed by atoms with E-state index >= 15 is 0 Å². The van der Waals surface area contributed by atoms with Gasteiger partial charge >= 0.3 is 24.2 Å². The summed E-state index contributed by atoms with van der Waals surface area (Å²) in [7, 11) is 1.38. The molecular weight excluding hydrogens is 622 g/mol. The minimum Gasteiger partial charge on any atom is -0.457 e. The highest BCUT2D eigenvalue weighted by Crippen LogP contribution is 2.42. The molecule has 2 aliphatic rings. The lowest BCUT2D eigenvalue weighted by atomic mass is 9.85. The fraction of sp³-hybridized carbons (Fsp3) is 0.486. The standard InChI is InChI=1S/C35H41N3O10/c1-10-20-21-14-19(45-32(43)48-34(6,7)8)12-13-25(21)36-28-22(20)16-38-26(28)15-24-23(29(38)40)18-44-30(41)35(24,11-2)46-27(39)17-37(9)31(42)47-33(3,4)5/h12-15H,10-11,16-18H2,1-9H3/t35-/m0/s1. The number of rotatable bonds is 6. The van der Waals surface area contributed by atoms with Crippen molar-refractivity contribution in [3.05, 3.63) is 56.9 Å². The molecule has 13 heteroatoms. The third kappa shape index (κ3) is 6.45. The second-order valence-corrected chi connectivity index (χ2v) is 13.9. The zero-order chi connectivity index (χ0) is 35.3. The second-order valence-electron chi connectivity index (χ2n) is 13.9. The van der Waals surface area contributed by atoms with Crippen molar-refractivity contribution in [3.8, 4) is 17.1 Å². The Balaban J connectivity index is 1.54. The monoisotopic (exact) mass is 663 g/mol. The summed E-state index contributed by atoms with van der Waals surface area (Å²) < 4.78 is 28.9. The molecule has 1 amide bonds. The number of cyclic esters (lactones) is 1. The number of benzene rings is 1. The van der Waals surface area contributed by atoms with Crippen LogP contribution in [0.15, 0.2) is 29.1 Å². The Morgan fingerprint density at radius 1 is 1.00 bits per heavy atom. The number of aryl methyl sites for hydroxylation is 1. The van der Waals surface area contributed by atoms with Crippen molar-refractivity contribution in [3.63, 3.8) is 0 Å². The lowest BCUT2D eigenvalue weighted by molar-refractivity contribution is -0.189. The minimum absolute atomic E-state index is 0.0255. The van der Waals surface area contributed by atoms with Crippen molar-refractivity contribution in [2.75, 3.05) is 13.6 Å². The molecule has 256 valence electrons. The summed E-state index contributed by atoms with van der Waals surface area (Å²) >= 11 is 0. The molecule has 48 heavy (non-hydrogen) atoms. The number of carbonyl (C=O) groups excluding carboxylic acids is 4. The summed E-state index contributed by atoms with van der Waals surface area (Å²) in [6.07, 6.45) is -1.00. The number of esters is 2. The summed E-state index contributed by atoms with van der Waals surface area (Å²) in [5.41, 5.74) is -0.0478. The Labute approximate surface area is 278 Å². The first-order chi connectivity index (χ1) is 22.4. The van der Waals surface area contributed by atoms with E-state index in [2.05, 4.69) is 0 Å². The number of hydrogen-bond donors (Lipinski definition) is 0. The number of ether oxygens (including phenoxy) is 5. The first kappa shape index (κ1) is 34.4. The summed E-state index contributed by atoms with van der Waals surface area (Å²) in [6.45, 7) is 13.4. The van der Waals surface area contributed by atoms with Gasteiger partial charge in [0.05, 0.1) is 29.0 Å². The van der Waals surface area contributed by atoms with Gasteiger partial charge in [0.25, 0.3) is 5.56 Å². The van der Waals surface area contributed by atoms with E-state index in [1.165, 1.54) is 7.05 Å². The van der Waals surface area contributed by atoms with Gasteiger partial charge in [0.1, 0.15) is 30.1 Å². The maximum absolute atomic E-state index is 14.0. The molecule has 1 aromatic carbocycles. The van der Waals surface area contributed by atoms with Crippen LogP contribution in [-0.2, 0) is 53.7 Å². The number of hydrogen-bond acceptors (Lipinski definition) is 11. The molecule has 0 unspecified atom stereocenters. The van der Waals surface area contributed by atoms with E-state index in [4.69, 9.17) is 28.7 Å². The first-order valence-corrected chi connectivity index (χ1v) is 15.8. The molecular formula is C35H41N3O10. The van der Waals surface area contributed by atoms with E-state index in [-0.39, 0.29) is 30.7 Å². The topological polar surface area (TPSA) is 153 Å². The molecule has 0 bridgehead atoms. The number of likely N-dealkylation sites (N-methyl/N-ethyl adjacent to an activating group) is 1. The van der Waals surface area contributed by atoms with Crippen LogP contribution in [0.25, 0.3) is 22.3 Å². The summed E-state index contributed by atoms with van der Waals surface area (Å²) in [6, 6.07) is 6.75.